The third-order valence-electron chi connectivity index (χ3n) is 3.91. The zero-order valence-corrected chi connectivity index (χ0v) is 12.7. The molecule has 0 aromatic carbocycles. The van der Waals surface area contributed by atoms with E-state index >= 15 is 0 Å². The van der Waals surface area contributed by atoms with Gasteiger partial charge in [-0.3, -0.25) is 0 Å². The molecule has 2 unspecified atom stereocenters. The van der Waals surface area contributed by atoms with Crippen molar-refractivity contribution in [1.29, 1.82) is 0 Å². The molecule has 1 aliphatic carbocycles. The van der Waals surface area contributed by atoms with E-state index in [0.29, 0.717) is 6.04 Å². The zero-order valence-electron chi connectivity index (χ0n) is 12.7. The summed E-state index contributed by atoms with van der Waals surface area (Å²) < 4.78 is 2.05. The van der Waals surface area contributed by atoms with Gasteiger partial charge in [-0.2, -0.15) is 0 Å². The fourth-order valence-corrected chi connectivity index (χ4v) is 2.67. The minimum absolute atomic E-state index is 0.0920. The number of tetrazole rings is 1. The monoisotopic (exact) mass is 265 g/mol. The molecular weight excluding hydrogens is 238 g/mol. The summed E-state index contributed by atoms with van der Waals surface area (Å²) in [5.74, 6) is 1.81. The molecule has 5 nitrogen and oxygen atoms in total. The summed E-state index contributed by atoms with van der Waals surface area (Å²) in [6, 6.07) is 0.483. The number of hydrogen-bond donors (Lipinski definition) is 1. The maximum Gasteiger partial charge on any atom is 0.165 e. The lowest BCUT2D eigenvalue weighted by Gasteiger charge is -2.21. The first-order valence-electron chi connectivity index (χ1n) is 7.47. The minimum Gasteiger partial charge on any atom is -0.305 e. The van der Waals surface area contributed by atoms with Crippen LogP contribution in [0, 0.1) is 5.92 Å². The van der Waals surface area contributed by atoms with Crippen LogP contribution in [0.5, 0.6) is 0 Å². The van der Waals surface area contributed by atoms with E-state index in [1.165, 1.54) is 32.1 Å². The standard InChI is InChI=1S/C14H27N5/c1-11-6-5-7-12(9-8-11)19-13(16-17-18-19)10-15-14(2,3)4/h11-12,15H,5-10H2,1-4H3. The summed E-state index contributed by atoms with van der Waals surface area (Å²) in [4.78, 5) is 0. The molecule has 19 heavy (non-hydrogen) atoms. The van der Waals surface area contributed by atoms with Crippen LogP contribution in [0.1, 0.15) is 71.7 Å². The average Bonchev–Trinajstić information content (AvgIpc) is 2.68. The zero-order chi connectivity index (χ0) is 13.9. The molecule has 0 aliphatic heterocycles. The highest BCUT2D eigenvalue weighted by Crippen LogP contribution is 2.30. The molecule has 1 saturated carbocycles. The van der Waals surface area contributed by atoms with E-state index in [9.17, 15) is 0 Å². The number of aromatic nitrogens is 4. The molecule has 108 valence electrons. The SMILES string of the molecule is CC1CCCC(n2nnnc2CNC(C)(C)C)CC1. The lowest BCUT2D eigenvalue weighted by atomic mass is 10.0. The van der Waals surface area contributed by atoms with Gasteiger partial charge < -0.3 is 5.32 Å². The van der Waals surface area contributed by atoms with Crippen LogP contribution in [-0.2, 0) is 6.54 Å². The van der Waals surface area contributed by atoms with Crippen LogP contribution in [0.15, 0.2) is 0 Å². The van der Waals surface area contributed by atoms with Crippen LogP contribution in [0.2, 0.25) is 0 Å². The van der Waals surface area contributed by atoms with Crippen LogP contribution in [0.3, 0.4) is 0 Å². The van der Waals surface area contributed by atoms with E-state index in [1.54, 1.807) is 0 Å². The molecule has 1 N–H and O–H groups in total. The molecule has 0 saturated heterocycles. The smallest absolute Gasteiger partial charge is 0.165 e. The Morgan fingerprint density at radius 1 is 1.21 bits per heavy atom. The van der Waals surface area contributed by atoms with Gasteiger partial charge in [-0.15, -0.1) is 5.10 Å². The Morgan fingerprint density at radius 3 is 2.74 bits per heavy atom. The maximum absolute atomic E-state index is 4.22. The Kier molecular flexibility index (Phi) is 4.55. The second-order valence-electron chi connectivity index (χ2n) is 6.91. The van der Waals surface area contributed by atoms with Gasteiger partial charge >= 0.3 is 0 Å². The van der Waals surface area contributed by atoms with Crippen molar-refractivity contribution in [2.45, 2.75) is 77.9 Å². The molecular formula is C14H27N5. The third-order valence-corrected chi connectivity index (χ3v) is 3.91. The molecule has 2 atom stereocenters. The molecule has 1 fully saturated rings. The van der Waals surface area contributed by atoms with E-state index < -0.39 is 0 Å². The second kappa shape index (κ2) is 5.99. The summed E-state index contributed by atoms with van der Waals surface area (Å²) in [5.41, 5.74) is 0.0920. The number of nitrogens with zero attached hydrogens (tertiary/aromatic N) is 4. The Hall–Kier alpha value is -0.970. The fraction of sp³-hybridized carbons (Fsp3) is 0.929. The van der Waals surface area contributed by atoms with Crippen molar-refractivity contribution >= 4 is 0 Å². The maximum atomic E-state index is 4.22. The number of hydrogen-bond acceptors (Lipinski definition) is 4. The lowest BCUT2D eigenvalue weighted by molar-refractivity contribution is 0.359. The quantitative estimate of drug-likeness (QED) is 0.854. The van der Waals surface area contributed by atoms with E-state index in [-0.39, 0.29) is 5.54 Å². The molecule has 5 heteroatoms. The van der Waals surface area contributed by atoms with Crippen molar-refractivity contribution < 1.29 is 0 Å². The molecule has 0 radical (unpaired) electrons. The average molecular weight is 265 g/mol. The van der Waals surface area contributed by atoms with Crippen molar-refractivity contribution in [1.82, 2.24) is 25.5 Å². The van der Waals surface area contributed by atoms with Crippen LogP contribution >= 0.6 is 0 Å². The van der Waals surface area contributed by atoms with Gasteiger partial charge in [0, 0.05) is 5.54 Å². The molecule has 1 heterocycles. The van der Waals surface area contributed by atoms with Crippen LogP contribution in [0.25, 0.3) is 0 Å². The van der Waals surface area contributed by atoms with Crippen LogP contribution < -0.4 is 5.32 Å². The van der Waals surface area contributed by atoms with Gasteiger partial charge in [0.25, 0.3) is 0 Å². The summed E-state index contributed by atoms with van der Waals surface area (Å²) >= 11 is 0. The molecule has 0 spiro atoms. The first kappa shape index (κ1) is 14.4. The summed E-state index contributed by atoms with van der Waals surface area (Å²) in [6.45, 7) is 9.57. The van der Waals surface area contributed by atoms with Crippen molar-refractivity contribution in [2.24, 2.45) is 5.92 Å². The number of rotatable bonds is 3. The largest absolute Gasteiger partial charge is 0.305 e. The Bertz CT molecular complexity index is 393. The van der Waals surface area contributed by atoms with Crippen molar-refractivity contribution in [3.63, 3.8) is 0 Å². The normalized spacial score (nSPS) is 25.3. The van der Waals surface area contributed by atoms with Crippen LogP contribution in [0.4, 0.5) is 0 Å². The van der Waals surface area contributed by atoms with Gasteiger partial charge in [0.1, 0.15) is 0 Å². The third kappa shape index (κ3) is 4.27. The van der Waals surface area contributed by atoms with Crippen molar-refractivity contribution in [2.75, 3.05) is 0 Å². The van der Waals surface area contributed by atoms with E-state index in [0.717, 1.165) is 18.3 Å². The Labute approximate surface area is 116 Å². The van der Waals surface area contributed by atoms with Gasteiger partial charge in [0.2, 0.25) is 0 Å². The van der Waals surface area contributed by atoms with Gasteiger partial charge in [-0.05, 0) is 56.4 Å². The molecule has 1 aromatic heterocycles. The van der Waals surface area contributed by atoms with Crippen molar-refractivity contribution in [3.8, 4) is 0 Å². The molecule has 0 amide bonds. The lowest BCUT2D eigenvalue weighted by Crippen LogP contribution is -2.36. The highest BCUT2D eigenvalue weighted by Gasteiger charge is 2.22. The highest BCUT2D eigenvalue weighted by atomic mass is 15.6. The van der Waals surface area contributed by atoms with Crippen molar-refractivity contribution in [3.05, 3.63) is 5.82 Å². The predicted molar refractivity (Wildman–Crippen MR) is 75.7 cm³/mol. The van der Waals surface area contributed by atoms with Crippen LogP contribution in [-0.4, -0.2) is 25.7 Å². The summed E-state index contributed by atoms with van der Waals surface area (Å²) in [6.07, 6.45) is 6.33. The molecule has 2 rings (SSSR count). The fourth-order valence-electron chi connectivity index (χ4n) is 2.67. The Balaban J connectivity index is 2.02. The van der Waals surface area contributed by atoms with E-state index in [1.807, 2.05) is 0 Å². The topological polar surface area (TPSA) is 55.6 Å². The summed E-state index contributed by atoms with van der Waals surface area (Å²) in [5, 5.41) is 15.7. The molecule has 1 aromatic rings. The first-order valence-corrected chi connectivity index (χ1v) is 7.47. The second-order valence-corrected chi connectivity index (χ2v) is 6.91. The Morgan fingerprint density at radius 2 is 2.00 bits per heavy atom. The molecule has 0 bridgehead atoms. The van der Waals surface area contributed by atoms with Gasteiger partial charge in [0.05, 0.1) is 12.6 Å². The summed E-state index contributed by atoms with van der Waals surface area (Å²) in [7, 11) is 0. The van der Waals surface area contributed by atoms with Gasteiger partial charge in [-0.1, -0.05) is 19.8 Å². The van der Waals surface area contributed by atoms with Gasteiger partial charge in [-0.25, -0.2) is 4.68 Å². The first-order chi connectivity index (χ1) is 8.96. The highest BCUT2D eigenvalue weighted by molar-refractivity contribution is 4.87. The predicted octanol–water partition coefficient (Wildman–Crippen LogP) is 2.70. The van der Waals surface area contributed by atoms with Gasteiger partial charge in [0.15, 0.2) is 5.82 Å². The number of nitrogens with one attached hydrogen (secondary N) is 1. The molecule has 1 aliphatic rings. The van der Waals surface area contributed by atoms with E-state index in [4.69, 9.17) is 0 Å². The van der Waals surface area contributed by atoms with E-state index in [2.05, 4.69) is 53.2 Å². The minimum atomic E-state index is 0.0920.